The molecule has 0 saturated carbocycles. The van der Waals surface area contributed by atoms with E-state index >= 15 is 0 Å². The summed E-state index contributed by atoms with van der Waals surface area (Å²) in [6, 6.07) is 10.9. The lowest BCUT2D eigenvalue weighted by atomic mass is 10.2. The van der Waals surface area contributed by atoms with Crippen molar-refractivity contribution in [2.45, 2.75) is 39.7 Å². The van der Waals surface area contributed by atoms with Crippen LogP contribution in [0.4, 0.5) is 0 Å². The topological polar surface area (TPSA) is 52.3 Å². The summed E-state index contributed by atoms with van der Waals surface area (Å²) >= 11 is 0. The van der Waals surface area contributed by atoms with Gasteiger partial charge in [0, 0.05) is 23.0 Å². The molecule has 1 aromatic carbocycles. The average molecular weight is 344 g/mol. The number of nitrogens with zero attached hydrogens (tertiary/aromatic N) is 4. The minimum atomic E-state index is 0.375. The number of pyridine rings is 1. The van der Waals surface area contributed by atoms with Gasteiger partial charge in [-0.1, -0.05) is 24.3 Å². The van der Waals surface area contributed by atoms with Crippen LogP contribution in [0.25, 0.3) is 16.4 Å². The van der Waals surface area contributed by atoms with Gasteiger partial charge in [-0.3, -0.25) is 0 Å². The van der Waals surface area contributed by atoms with Crippen molar-refractivity contribution in [1.29, 1.82) is 0 Å². The van der Waals surface area contributed by atoms with Crippen LogP contribution >= 0.6 is 0 Å². The van der Waals surface area contributed by atoms with Gasteiger partial charge >= 0.3 is 6.01 Å². The zero-order valence-corrected chi connectivity index (χ0v) is 15.0. The standard InChI is InChI=1S/C21H20N4O/c1-13-16-8-5-9-18(16)24-21(22-13)26-12-19-14(2)25-11-10-15-6-3-4-7-17(15)20(25)23-19/h3-4,6-7,10-11H,5,8-9,12H2,1-2H3. The molecule has 0 unspecified atom stereocenters. The van der Waals surface area contributed by atoms with Crippen molar-refractivity contribution in [1.82, 2.24) is 19.4 Å². The van der Waals surface area contributed by atoms with Crippen molar-refractivity contribution >= 4 is 16.4 Å². The third-order valence-corrected chi connectivity index (χ3v) is 5.31. The Kier molecular flexibility index (Phi) is 3.42. The van der Waals surface area contributed by atoms with Gasteiger partial charge in [-0.25, -0.2) is 9.97 Å². The van der Waals surface area contributed by atoms with E-state index in [4.69, 9.17) is 9.72 Å². The van der Waals surface area contributed by atoms with Crippen LogP contribution < -0.4 is 4.74 Å². The maximum atomic E-state index is 5.92. The van der Waals surface area contributed by atoms with Gasteiger partial charge < -0.3 is 9.14 Å². The molecule has 0 bridgehead atoms. The number of hydrogen-bond acceptors (Lipinski definition) is 4. The normalized spacial score (nSPS) is 13.5. The summed E-state index contributed by atoms with van der Waals surface area (Å²) in [5, 5.41) is 2.34. The molecule has 5 rings (SSSR count). The van der Waals surface area contributed by atoms with E-state index in [0.717, 1.165) is 53.1 Å². The highest BCUT2D eigenvalue weighted by molar-refractivity contribution is 5.94. The highest BCUT2D eigenvalue weighted by atomic mass is 16.5. The molecule has 0 spiro atoms. The van der Waals surface area contributed by atoms with Gasteiger partial charge in [-0.2, -0.15) is 4.98 Å². The van der Waals surface area contributed by atoms with Gasteiger partial charge in [0.1, 0.15) is 12.3 Å². The van der Waals surface area contributed by atoms with Gasteiger partial charge in [0.25, 0.3) is 0 Å². The van der Waals surface area contributed by atoms with E-state index in [2.05, 4.69) is 45.7 Å². The number of hydrogen-bond donors (Lipinski definition) is 0. The molecule has 0 amide bonds. The van der Waals surface area contributed by atoms with Crippen LogP contribution in [-0.2, 0) is 19.4 Å². The van der Waals surface area contributed by atoms with Crippen LogP contribution in [0.3, 0.4) is 0 Å². The molecule has 1 aliphatic rings. The van der Waals surface area contributed by atoms with Gasteiger partial charge in [-0.05, 0) is 50.1 Å². The zero-order chi connectivity index (χ0) is 17.7. The molecule has 4 aromatic rings. The molecule has 0 saturated heterocycles. The molecule has 5 heteroatoms. The first-order chi connectivity index (χ1) is 12.7. The highest BCUT2D eigenvalue weighted by Crippen LogP contribution is 2.25. The summed E-state index contributed by atoms with van der Waals surface area (Å²) < 4.78 is 8.04. The van der Waals surface area contributed by atoms with E-state index in [-0.39, 0.29) is 0 Å². The highest BCUT2D eigenvalue weighted by Gasteiger charge is 2.18. The molecule has 0 radical (unpaired) electrons. The van der Waals surface area contributed by atoms with Crippen molar-refractivity contribution in [3.8, 4) is 6.01 Å². The number of imidazole rings is 1. The number of fused-ring (bicyclic) bond motifs is 4. The molecule has 130 valence electrons. The third-order valence-electron chi connectivity index (χ3n) is 5.31. The minimum absolute atomic E-state index is 0.375. The quantitative estimate of drug-likeness (QED) is 0.564. The lowest BCUT2D eigenvalue weighted by molar-refractivity contribution is 0.274. The number of ether oxygens (including phenoxy) is 1. The number of aryl methyl sites for hydroxylation is 3. The lowest BCUT2D eigenvalue weighted by Crippen LogP contribution is -2.05. The van der Waals surface area contributed by atoms with Crippen LogP contribution in [0.1, 0.15) is 34.8 Å². The van der Waals surface area contributed by atoms with Crippen LogP contribution in [0.5, 0.6) is 6.01 Å². The van der Waals surface area contributed by atoms with E-state index in [1.54, 1.807) is 0 Å². The second-order valence-electron chi connectivity index (χ2n) is 6.90. The van der Waals surface area contributed by atoms with E-state index in [1.165, 1.54) is 10.9 Å². The molecule has 0 atom stereocenters. The van der Waals surface area contributed by atoms with Gasteiger partial charge in [0.15, 0.2) is 0 Å². The summed E-state index contributed by atoms with van der Waals surface area (Å²) in [6.07, 6.45) is 5.33. The molecule has 0 aliphatic heterocycles. The van der Waals surface area contributed by atoms with Crippen LogP contribution in [0.15, 0.2) is 36.5 Å². The lowest BCUT2D eigenvalue weighted by Gasteiger charge is -2.07. The first kappa shape index (κ1) is 15.3. The zero-order valence-electron chi connectivity index (χ0n) is 15.0. The predicted molar refractivity (Wildman–Crippen MR) is 101 cm³/mol. The molecule has 0 N–H and O–H groups in total. The molecule has 26 heavy (non-hydrogen) atoms. The second kappa shape index (κ2) is 5.80. The van der Waals surface area contributed by atoms with E-state index in [9.17, 15) is 0 Å². The summed E-state index contributed by atoms with van der Waals surface area (Å²) in [5.41, 5.74) is 6.45. The Labute approximate surface area is 151 Å². The van der Waals surface area contributed by atoms with Gasteiger partial charge in [0.05, 0.1) is 11.4 Å². The van der Waals surface area contributed by atoms with Crippen LogP contribution in [0.2, 0.25) is 0 Å². The Morgan fingerprint density at radius 1 is 1.04 bits per heavy atom. The van der Waals surface area contributed by atoms with Crippen molar-refractivity contribution in [2.24, 2.45) is 0 Å². The first-order valence-electron chi connectivity index (χ1n) is 9.05. The molecule has 0 fully saturated rings. The Morgan fingerprint density at radius 2 is 1.92 bits per heavy atom. The SMILES string of the molecule is Cc1nc(OCc2nc3c4ccccc4ccn3c2C)nc2c1CCC2. The van der Waals surface area contributed by atoms with Crippen molar-refractivity contribution in [3.63, 3.8) is 0 Å². The van der Waals surface area contributed by atoms with Gasteiger partial charge in [-0.15, -0.1) is 0 Å². The Balaban J connectivity index is 1.49. The third kappa shape index (κ3) is 2.35. The Bertz CT molecular complexity index is 1150. The largest absolute Gasteiger partial charge is 0.457 e. The first-order valence-corrected chi connectivity index (χ1v) is 9.05. The fourth-order valence-corrected chi connectivity index (χ4v) is 3.86. The number of rotatable bonds is 3. The fourth-order valence-electron chi connectivity index (χ4n) is 3.86. The van der Waals surface area contributed by atoms with Crippen molar-refractivity contribution in [3.05, 3.63) is 64.9 Å². The Morgan fingerprint density at radius 3 is 2.85 bits per heavy atom. The Hall–Kier alpha value is -2.95. The van der Waals surface area contributed by atoms with Crippen molar-refractivity contribution in [2.75, 3.05) is 0 Å². The molecule has 1 aliphatic carbocycles. The second-order valence-corrected chi connectivity index (χ2v) is 6.90. The maximum Gasteiger partial charge on any atom is 0.317 e. The molecular weight excluding hydrogens is 324 g/mol. The average Bonchev–Trinajstić information content (AvgIpc) is 3.25. The summed E-state index contributed by atoms with van der Waals surface area (Å²) in [6.45, 7) is 4.49. The van der Waals surface area contributed by atoms with Crippen LogP contribution in [0, 0.1) is 13.8 Å². The van der Waals surface area contributed by atoms with E-state index in [1.807, 2.05) is 19.1 Å². The molecule has 3 aromatic heterocycles. The van der Waals surface area contributed by atoms with E-state index < -0.39 is 0 Å². The monoisotopic (exact) mass is 344 g/mol. The summed E-state index contributed by atoms with van der Waals surface area (Å²) in [5.74, 6) is 0. The van der Waals surface area contributed by atoms with Crippen LogP contribution in [-0.4, -0.2) is 19.4 Å². The summed E-state index contributed by atoms with van der Waals surface area (Å²) in [7, 11) is 0. The summed E-state index contributed by atoms with van der Waals surface area (Å²) in [4.78, 5) is 14.0. The van der Waals surface area contributed by atoms with Gasteiger partial charge in [0.2, 0.25) is 0 Å². The number of benzene rings is 1. The fraction of sp³-hybridized carbons (Fsp3) is 0.286. The predicted octanol–water partition coefficient (Wildman–Crippen LogP) is 3.96. The van der Waals surface area contributed by atoms with Crippen molar-refractivity contribution < 1.29 is 4.74 Å². The molecular formula is C21H20N4O. The molecule has 3 heterocycles. The smallest absolute Gasteiger partial charge is 0.317 e. The maximum absolute atomic E-state index is 5.92. The van der Waals surface area contributed by atoms with E-state index in [0.29, 0.717) is 12.6 Å². The number of aromatic nitrogens is 4. The molecule has 5 nitrogen and oxygen atoms in total. The minimum Gasteiger partial charge on any atom is -0.457 e.